The van der Waals surface area contributed by atoms with Crippen molar-refractivity contribution in [3.63, 3.8) is 0 Å². The van der Waals surface area contributed by atoms with Crippen LogP contribution < -0.4 is 5.32 Å². The van der Waals surface area contributed by atoms with Crippen molar-refractivity contribution in [3.05, 3.63) is 22.3 Å². The zero-order valence-corrected chi connectivity index (χ0v) is 20.4. The lowest BCUT2D eigenvalue weighted by molar-refractivity contribution is 0.0512. The van der Waals surface area contributed by atoms with E-state index >= 15 is 0 Å². The average Bonchev–Trinajstić information content (AvgIpc) is 3.35. The second-order valence-electron chi connectivity index (χ2n) is 12.3. The highest BCUT2D eigenvalue weighted by molar-refractivity contribution is 8.04. The second-order valence-corrected chi connectivity index (χ2v) is 13.5. The molecule has 0 radical (unpaired) electrons. The number of allylic oxidation sites excluding steroid dienone is 1. The van der Waals surface area contributed by atoms with E-state index in [-0.39, 0.29) is 6.23 Å². The lowest BCUT2D eigenvalue weighted by Gasteiger charge is -2.51. The predicted octanol–water partition coefficient (Wildman–Crippen LogP) is 6.46. The van der Waals surface area contributed by atoms with Gasteiger partial charge in [0.05, 0.1) is 0 Å². The van der Waals surface area contributed by atoms with Crippen LogP contribution in [0.4, 0.5) is 0 Å². The molecule has 3 fully saturated rings. The van der Waals surface area contributed by atoms with Crippen molar-refractivity contribution in [3.8, 4) is 0 Å². The third-order valence-corrected chi connectivity index (χ3v) is 11.3. The van der Waals surface area contributed by atoms with Gasteiger partial charge in [0, 0.05) is 39.0 Å². The third kappa shape index (κ3) is 3.21. The number of hydrogen-bond donors (Lipinski definition) is 1. The van der Waals surface area contributed by atoms with Crippen LogP contribution in [-0.2, 0) is 4.74 Å². The second kappa shape index (κ2) is 7.13. The normalized spacial score (nSPS) is 46.8. The lowest BCUT2D eigenvalue weighted by Crippen LogP contribution is -2.54. The molecule has 4 heteroatoms. The Morgan fingerprint density at radius 3 is 2.84 bits per heavy atom. The van der Waals surface area contributed by atoms with E-state index in [0.29, 0.717) is 58.0 Å². The molecule has 0 amide bonds. The molecule has 4 aliphatic heterocycles. The Hall–Kier alpha value is -0.740. The Bertz CT molecular complexity index is 965. The van der Waals surface area contributed by atoms with Crippen LogP contribution in [0.2, 0.25) is 0 Å². The first-order valence-electron chi connectivity index (χ1n) is 14.1. The molecule has 1 N–H and O–H groups in total. The van der Waals surface area contributed by atoms with Crippen LogP contribution in [0.3, 0.4) is 0 Å². The molecule has 0 bridgehead atoms. The summed E-state index contributed by atoms with van der Waals surface area (Å²) in [6.45, 7) is 7.82. The van der Waals surface area contributed by atoms with Crippen LogP contribution in [0.1, 0.15) is 90.0 Å². The van der Waals surface area contributed by atoms with E-state index in [1.165, 1.54) is 24.8 Å². The zero-order valence-electron chi connectivity index (χ0n) is 22.5. The highest BCUT2D eigenvalue weighted by Crippen LogP contribution is 2.62. The van der Waals surface area contributed by atoms with Gasteiger partial charge in [0.15, 0.2) is 6.23 Å². The van der Waals surface area contributed by atoms with Gasteiger partial charge in [-0.05, 0) is 85.4 Å². The van der Waals surface area contributed by atoms with Gasteiger partial charge in [-0.25, -0.2) is 0 Å². The maximum Gasteiger partial charge on any atom is 0.192 e. The standard InChI is InChI=1S/C27H40N2OS/c1-15-9-10-17-16-7-6-8-18(23(16)30-25(17)28-15)19-11-12-20-22(29-19)21-24(31-20)27(4,5)14-13-26(21,2)3/h12,16-17,19,21-22,24-25,29H,6-11,13-14H2,1-5H3/t16?,17?,19-,21?,22+,24?,25?/m1/s1/i1D3. The molecule has 1 saturated carbocycles. The van der Waals surface area contributed by atoms with Gasteiger partial charge < -0.3 is 10.1 Å². The summed E-state index contributed by atoms with van der Waals surface area (Å²) in [7, 11) is 0. The van der Waals surface area contributed by atoms with Crippen LogP contribution in [0.5, 0.6) is 0 Å². The van der Waals surface area contributed by atoms with E-state index in [1.54, 1.807) is 4.91 Å². The van der Waals surface area contributed by atoms with Crippen molar-refractivity contribution in [2.75, 3.05) is 0 Å². The number of thioether (sulfide) groups is 1. The molecule has 0 aromatic carbocycles. The fourth-order valence-corrected chi connectivity index (χ4v) is 9.51. The van der Waals surface area contributed by atoms with Crippen LogP contribution in [0.25, 0.3) is 0 Å². The highest BCUT2D eigenvalue weighted by Gasteiger charge is 2.57. The molecule has 7 atom stereocenters. The molecule has 170 valence electrons. The molecule has 31 heavy (non-hydrogen) atoms. The molecular formula is C27H40N2OS. The molecule has 6 aliphatic rings. The summed E-state index contributed by atoms with van der Waals surface area (Å²) in [4.78, 5) is 6.19. The van der Waals surface area contributed by atoms with Crippen molar-refractivity contribution in [2.45, 2.75) is 109 Å². The van der Waals surface area contributed by atoms with Crippen LogP contribution in [-0.4, -0.2) is 29.3 Å². The Morgan fingerprint density at radius 2 is 2.00 bits per heavy atom. The average molecular weight is 444 g/mol. The van der Waals surface area contributed by atoms with E-state index < -0.39 is 6.85 Å². The Kier molecular flexibility index (Phi) is 4.07. The van der Waals surface area contributed by atoms with Gasteiger partial charge in [-0.3, -0.25) is 4.99 Å². The lowest BCUT2D eigenvalue weighted by atomic mass is 9.58. The summed E-state index contributed by atoms with van der Waals surface area (Å²) in [5.41, 5.74) is 2.52. The van der Waals surface area contributed by atoms with Gasteiger partial charge in [-0.1, -0.05) is 33.8 Å². The minimum absolute atomic E-state index is 0.295. The fourth-order valence-electron chi connectivity index (χ4n) is 7.55. The van der Waals surface area contributed by atoms with E-state index in [4.69, 9.17) is 8.85 Å². The monoisotopic (exact) mass is 443 g/mol. The molecule has 4 heterocycles. The molecule has 0 aromatic heterocycles. The molecule has 3 nitrogen and oxygen atoms in total. The summed E-state index contributed by atoms with van der Waals surface area (Å²) >= 11 is 2.15. The third-order valence-electron chi connectivity index (χ3n) is 9.44. The van der Waals surface area contributed by atoms with Crippen molar-refractivity contribution in [1.29, 1.82) is 0 Å². The topological polar surface area (TPSA) is 33.6 Å². The first kappa shape index (κ1) is 17.7. The van der Waals surface area contributed by atoms with Crippen molar-refractivity contribution < 1.29 is 8.85 Å². The molecule has 2 saturated heterocycles. The number of aliphatic imine (C=N–C) groups is 1. The smallest absolute Gasteiger partial charge is 0.192 e. The van der Waals surface area contributed by atoms with Crippen LogP contribution >= 0.6 is 11.8 Å². The maximum absolute atomic E-state index is 7.80. The Balaban J connectivity index is 1.29. The number of fused-ring (bicyclic) bond motifs is 6. The summed E-state index contributed by atoms with van der Waals surface area (Å²) < 4.78 is 29.9. The minimum Gasteiger partial charge on any atom is -0.472 e. The number of ether oxygens (including phenoxy) is 1. The predicted molar refractivity (Wildman–Crippen MR) is 130 cm³/mol. The summed E-state index contributed by atoms with van der Waals surface area (Å²) in [5, 5.41) is 4.83. The summed E-state index contributed by atoms with van der Waals surface area (Å²) in [6, 6.07) is 0.777. The van der Waals surface area contributed by atoms with Crippen molar-refractivity contribution in [1.82, 2.24) is 5.32 Å². The number of nitrogens with zero attached hydrogens (tertiary/aromatic N) is 1. The van der Waals surface area contributed by atoms with Gasteiger partial charge in [0.25, 0.3) is 0 Å². The summed E-state index contributed by atoms with van der Waals surface area (Å²) in [6.07, 6.45) is 10.8. The molecule has 5 unspecified atom stereocenters. The SMILES string of the molecule is [2H]C([2H])([2H])C1=NC2OC3=C([C@H]4CC=C5SC6C([C@H]5N4)C(C)(C)CCC6(C)C)CCCC3C2CC1. The molecule has 0 spiro atoms. The van der Waals surface area contributed by atoms with Crippen LogP contribution in [0, 0.1) is 28.6 Å². The minimum atomic E-state index is -2.09. The van der Waals surface area contributed by atoms with Crippen molar-refractivity contribution >= 4 is 17.5 Å². The van der Waals surface area contributed by atoms with E-state index in [1.807, 2.05) is 0 Å². The molecule has 6 rings (SSSR count). The molecule has 0 aromatic rings. The fraction of sp³-hybridized carbons (Fsp3) is 0.815. The van der Waals surface area contributed by atoms with Crippen molar-refractivity contribution in [2.24, 2.45) is 33.6 Å². The van der Waals surface area contributed by atoms with Gasteiger partial charge in [0.1, 0.15) is 5.76 Å². The highest BCUT2D eigenvalue weighted by atomic mass is 32.2. The van der Waals surface area contributed by atoms with E-state index in [2.05, 4.69) is 55.8 Å². The zero-order chi connectivity index (χ0) is 24.0. The quantitative estimate of drug-likeness (QED) is 0.505. The number of rotatable bonds is 1. The van der Waals surface area contributed by atoms with Gasteiger partial charge >= 0.3 is 0 Å². The first-order valence-corrected chi connectivity index (χ1v) is 13.4. The Labute approximate surface area is 197 Å². The largest absolute Gasteiger partial charge is 0.472 e. The van der Waals surface area contributed by atoms with E-state index in [0.717, 1.165) is 31.4 Å². The van der Waals surface area contributed by atoms with E-state index in [9.17, 15) is 0 Å². The Morgan fingerprint density at radius 1 is 1.16 bits per heavy atom. The summed E-state index contributed by atoms with van der Waals surface area (Å²) in [5.74, 6) is 2.57. The molecule has 2 aliphatic carbocycles. The van der Waals surface area contributed by atoms with Crippen LogP contribution in [0.15, 0.2) is 27.3 Å². The number of nitrogens with one attached hydrogen (secondary N) is 1. The number of hydrogen-bond acceptors (Lipinski definition) is 4. The van der Waals surface area contributed by atoms with Gasteiger partial charge in [-0.15, -0.1) is 11.8 Å². The van der Waals surface area contributed by atoms with Gasteiger partial charge in [-0.2, -0.15) is 0 Å². The first-order chi connectivity index (χ1) is 16.0. The van der Waals surface area contributed by atoms with Gasteiger partial charge in [0.2, 0.25) is 0 Å². The maximum atomic E-state index is 7.80. The molecular weight excluding hydrogens is 400 g/mol.